The molecule has 6 heteroatoms. The Morgan fingerprint density at radius 1 is 1.03 bits per heavy atom. The van der Waals surface area contributed by atoms with E-state index in [-0.39, 0.29) is 17.9 Å². The number of aromatic amines is 1. The number of carbonyl (C=O) groups excluding carboxylic acids is 1. The Balaban J connectivity index is 1.22. The topological polar surface area (TPSA) is 60.6 Å². The molecule has 0 saturated carbocycles. The summed E-state index contributed by atoms with van der Waals surface area (Å²) in [5.41, 5.74) is 6.59. The second-order valence-electron chi connectivity index (χ2n) is 10.6. The predicted octanol–water partition coefficient (Wildman–Crippen LogP) is 4.53. The van der Waals surface area contributed by atoms with E-state index >= 15 is 0 Å². The van der Waals surface area contributed by atoms with Crippen molar-refractivity contribution in [3.05, 3.63) is 107 Å². The van der Waals surface area contributed by atoms with Crippen LogP contribution in [0.5, 0.6) is 0 Å². The summed E-state index contributed by atoms with van der Waals surface area (Å²) in [7, 11) is 4.07. The number of H-pyrrole nitrogens is 1. The first-order chi connectivity index (χ1) is 19.0. The smallest absolute Gasteiger partial charge is 0.240 e. The molecular weight excluding hydrogens is 484 g/mol. The molecule has 0 aliphatic carbocycles. The van der Waals surface area contributed by atoms with Gasteiger partial charge in [0.25, 0.3) is 0 Å². The van der Waals surface area contributed by atoms with Crippen molar-refractivity contribution in [3.8, 4) is 11.8 Å². The number of hydroxylamine groups is 2. The minimum absolute atomic E-state index is 0.0137. The minimum atomic E-state index is -0.351. The van der Waals surface area contributed by atoms with Crippen LogP contribution in [-0.2, 0) is 22.6 Å². The third kappa shape index (κ3) is 6.76. The molecule has 2 atom stereocenters. The Bertz CT molecular complexity index is 1460. The fraction of sp³-hybridized carbons (Fsp3) is 0.303. The van der Waals surface area contributed by atoms with E-state index in [1.165, 1.54) is 16.5 Å². The second-order valence-corrected chi connectivity index (χ2v) is 10.6. The van der Waals surface area contributed by atoms with Gasteiger partial charge in [0.15, 0.2) is 0 Å². The van der Waals surface area contributed by atoms with Gasteiger partial charge in [0.2, 0.25) is 5.91 Å². The molecule has 0 bridgehead atoms. The molecule has 2 heterocycles. The lowest BCUT2D eigenvalue weighted by atomic mass is 9.99. The molecule has 200 valence electrons. The SMILES string of the molecule is Cc1ccc(C#Cc2ccc(CN3OC[C@H](CN(C)C)[C@H]3C(=O)NCCc3c[nH]c4ccccc34)cc2)cc1. The monoisotopic (exact) mass is 520 g/mol. The summed E-state index contributed by atoms with van der Waals surface area (Å²) in [5, 5.41) is 6.23. The van der Waals surface area contributed by atoms with Gasteiger partial charge in [-0.1, -0.05) is 59.9 Å². The minimum Gasteiger partial charge on any atom is -0.361 e. The number of amides is 1. The lowest BCUT2D eigenvalue weighted by molar-refractivity contribution is -0.157. The van der Waals surface area contributed by atoms with Gasteiger partial charge < -0.3 is 15.2 Å². The van der Waals surface area contributed by atoms with Crippen LogP contribution in [0.3, 0.4) is 0 Å². The number of aromatic nitrogens is 1. The van der Waals surface area contributed by atoms with Crippen molar-refractivity contribution in [3.63, 3.8) is 0 Å². The number of benzene rings is 3. The molecule has 1 amide bonds. The number of nitrogens with zero attached hydrogens (tertiary/aromatic N) is 2. The van der Waals surface area contributed by atoms with Gasteiger partial charge >= 0.3 is 0 Å². The van der Waals surface area contributed by atoms with Crippen LogP contribution < -0.4 is 5.32 Å². The summed E-state index contributed by atoms with van der Waals surface area (Å²) < 4.78 is 0. The molecule has 4 aromatic rings. The highest BCUT2D eigenvalue weighted by atomic mass is 16.7. The molecule has 0 spiro atoms. The van der Waals surface area contributed by atoms with E-state index in [0.29, 0.717) is 19.7 Å². The van der Waals surface area contributed by atoms with Crippen LogP contribution >= 0.6 is 0 Å². The lowest BCUT2D eigenvalue weighted by Gasteiger charge is -2.26. The molecule has 3 aromatic carbocycles. The molecular formula is C33H36N4O2. The highest BCUT2D eigenvalue weighted by Gasteiger charge is 2.40. The number of para-hydroxylation sites is 1. The van der Waals surface area contributed by atoms with Crippen molar-refractivity contribution in [2.75, 3.05) is 33.8 Å². The Morgan fingerprint density at radius 3 is 2.44 bits per heavy atom. The zero-order valence-corrected chi connectivity index (χ0v) is 22.9. The quantitative estimate of drug-likeness (QED) is 0.335. The van der Waals surface area contributed by atoms with Gasteiger partial charge in [0, 0.05) is 47.2 Å². The van der Waals surface area contributed by atoms with Crippen LogP contribution in [0.1, 0.15) is 27.8 Å². The summed E-state index contributed by atoms with van der Waals surface area (Å²) in [6.45, 7) is 4.50. The third-order valence-corrected chi connectivity index (χ3v) is 7.14. The summed E-state index contributed by atoms with van der Waals surface area (Å²) in [6, 6.07) is 24.3. The largest absolute Gasteiger partial charge is 0.361 e. The number of fused-ring (bicyclic) bond motifs is 1. The fourth-order valence-electron chi connectivity index (χ4n) is 5.13. The highest BCUT2D eigenvalue weighted by molar-refractivity contribution is 5.84. The molecule has 1 fully saturated rings. The number of hydrogen-bond acceptors (Lipinski definition) is 4. The van der Waals surface area contributed by atoms with Gasteiger partial charge in [0.05, 0.1) is 13.2 Å². The van der Waals surface area contributed by atoms with E-state index in [1.807, 2.05) is 61.8 Å². The Hall–Kier alpha value is -3.89. The molecule has 0 unspecified atom stereocenters. The zero-order chi connectivity index (χ0) is 27.2. The molecule has 0 radical (unpaired) electrons. The second kappa shape index (κ2) is 12.3. The zero-order valence-electron chi connectivity index (χ0n) is 22.9. The van der Waals surface area contributed by atoms with Crippen molar-refractivity contribution in [1.82, 2.24) is 20.3 Å². The average Bonchev–Trinajstić information content (AvgIpc) is 3.52. The van der Waals surface area contributed by atoms with Gasteiger partial charge in [-0.05, 0) is 68.9 Å². The van der Waals surface area contributed by atoms with Crippen molar-refractivity contribution in [1.29, 1.82) is 0 Å². The normalized spacial score (nSPS) is 17.3. The van der Waals surface area contributed by atoms with Crippen LogP contribution in [0.15, 0.2) is 79.0 Å². The molecule has 5 rings (SSSR count). The van der Waals surface area contributed by atoms with Crippen LogP contribution in [0.25, 0.3) is 10.9 Å². The Morgan fingerprint density at radius 2 is 1.72 bits per heavy atom. The van der Waals surface area contributed by atoms with Gasteiger partial charge in [0.1, 0.15) is 6.04 Å². The molecule has 6 nitrogen and oxygen atoms in total. The lowest BCUT2D eigenvalue weighted by Crippen LogP contribution is -2.48. The van der Waals surface area contributed by atoms with Crippen LogP contribution in [0.2, 0.25) is 0 Å². The molecule has 1 saturated heterocycles. The molecule has 39 heavy (non-hydrogen) atoms. The van der Waals surface area contributed by atoms with E-state index in [4.69, 9.17) is 4.84 Å². The van der Waals surface area contributed by atoms with E-state index in [1.54, 1.807) is 0 Å². The van der Waals surface area contributed by atoms with E-state index in [2.05, 4.69) is 70.4 Å². The first-order valence-corrected chi connectivity index (χ1v) is 13.5. The third-order valence-electron chi connectivity index (χ3n) is 7.14. The molecule has 1 aliphatic rings. The molecule has 2 N–H and O–H groups in total. The van der Waals surface area contributed by atoms with Gasteiger partial charge in [-0.25, -0.2) is 0 Å². The van der Waals surface area contributed by atoms with E-state index in [9.17, 15) is 4.79 Å². The fourth-order valence-corrected chi connectivity index (χ4v) is 5.13. The summed E-state index contributed by atoms with van der Waals surface area (Å²) >= 11 is 0. The Kier molecular flexibility index (Phi) is 8.43. The molecule has 1 aliphatic heterocycles. The van der Waals surface area contributed by atoms with Crippen LogP contribution in [0.4, 0.5) is 0 Å². The van der Waals surface area contributed by atoms with Crippen molar-refractivity contribution >= 4 is 16.8 Å². The number of nitrogens with one attached hydrogen (secondary N) is 2. The maximum absolute atomic E-state index is 13.4. The summed E-state index contributed by atoms with van der Waals surface area (Å²) in [6.07, 6.45) is 2.80. The van der Waals surface area contributed by atoms with Crippen molar-refractivity contribution in [2.24, 2.45) is 5.92 Å². The maximum Gasteiger partial charge on any atom is 0.240 e. The van der Waals surface area contributed by atoms with Gasteiger partial charge in [-0.3, -0.25) is 9.63 Å². The van der Waals surface area contributed by atoms with E-state index in [0.717, 1.165) is 35.2 Å². The van der Waals surface area contributed by atoms with Gasteiger partial charge in [-0.2, -0.15) is 5.06 Å². The number of carbonyl (C=O) groups is 1. The first-order valence-electron chi connectivity index (χ1n) is 13.5. The molecule has 1 aromatic heterocycles. The number of rotatable bonds is 8. The van der Waals surface area contributed by atoms with Crippen molar-refractivity contribution < 1.29 is 9.63 Å². The Labute approximate surface area is 230 Å². The maximum atomic E-state index is 13.4. The standard InChI is InChI=1S/C33H36N4O2/c1-24-8-10-25(11-9-24)12-13-26-14-16-27(17-15-26)21-37-32(29(23-39-37)22-36(2)3)33(38)34-19-18-28-20-35-31-7-5-4-6-30(28)31/h4-11,14-17,20,29,32,35H,18-19,21-23H2,1-3H3,(H,34,38)/t29-,32-/m0/s1. The number of hydrogen-bond donors (Lipinski definition) is 2. The van der Waals surface area contributed by atoms with Gasteiger partial charge in [-0.15, -0.1) is 0 Å². The van der Waals surface area contributed by atoms with Crippen molar-refractivity contribution in [2.45, 2.75) is 25.9 Å². The van der Waals surface area contributed by atoms with Crippen LogP contribution in [-0.4, -0.2) is 60.7 Å². The first kappa shape index (κ1) is 26.7. The number of aryl methyl sites for hydroxylation is 1. The predicted molar refractivity (Wildman–Crippen MR) is 156 cm³/mol. The average molecular weight is 521 g/mol. The van der Waals surface area contributed by atoms with E-state index < -0.39 is 0 Å². The van der Waals surface area contributed by atoms with Crippen LogP contribution in [0, 0.1) is 24.7 Å². The summed E-state index contributed by atoms with van der Waals surface area (Å²) in [4.78, 5) is 24.9. The highest BCUT2D eigenvalue weighted by Crippen LogP contribution is 2.25. The summed E-state index contributed by atoms with van der Waals surface area (Å²) in [5.74, 6) is 6.56.